The lowest BCUT2D eigenvalue weighted by molar-refractivity contribution is -0.114. The van der Waals surface area contributed by atoms with Gasteiger partial charge in [0, 0.05) is 18.9 Å². The zero-order valence-corrected chi connectivity index (χ0v) is 14.6. The van der Waals surface area contributed by atoms with E-state index < -0.39 is 0 Å². The lowest BCUT2D eigenvalue weighted by Crippen LogP contribution is -2.00. The van der Waals surface area contributed by atoms with E-state index in [1.165, 1.54) is 0 Å². The number of hydrogen-bond donors (Lipinski definition) is 0. The molecule has 2 heterocycles. The van der Waals surface area contributed by atoms with Crippen LogP contribution in [0, 0.1) is 0 Å². The van der Waals surface area contributed by atoms with E-state index in [0.717, 1.165) is 23.3 Å². The van der Waals surface area contributed by atoms with Crippen LogP contribution in [-0.4, -0.2) is 20.0 Å². The fourth-order valence-electron chi connectivity index (χ4n) is 2.83. The summed E-state index contributed by atoms with van der Waals surface area (Å²) in [5, 5.41) is 0. The maximum absolute atomic E-state index is 12.2. The highest BCUT2D eigenvalue weighted by Gasteiger charge is 2.10. The summed E-state index contributed by atoms with van der Waals surface area (Å²) in [6.45, 7) is 0. The molecule has 2 aromatic rings. The Labute approximate surface area is 148 Å². The summed E-state index contributed by atoms with van der Waals surface area (Å²) < 4.78 is 16.8. The van der Waals surface area contributed by atoms with E-state index in [0.29, 0.717) is 36.5 Å². The fraction of sp³-hybridized carbons (Fsp3) is 0.286. The van der Waals surface area contributed by atoms with Crippen molar-refractivity contribution in [3.05, 3.63) is 65.4 Å². The van der Waals surface area contributed by atoms with E-state index in [1.54, 1.807) is 20.3 Å². The van der Waals surface area contributed by atoms with Crippen LogP contribution in [0.5, 0.6) is 17.2 Å². The summed E-state index contributed by atoms with van der Waals surface area (Å²) in [5.41, 5.74) is 2.20. The van der Waals surface area contributed by atoms with Crippen LogP contribution in [0.25, 0.3) is 0 Å². The van der Waals surface area contributed by atoms with Crippen LogP contribution in [0.1, 0.15) is 24.0 Å². The van der Waals surface area contributed by atoms with Gasteiger partial charge in [-0.05, 0) is 48.2 Å². The summed E-state index contributed by atoms with van der Waals surface area (Å²) in [6.07, 6.45) is 4.20. The molecule has 0 aromatic heterocycles. The van der Waals surface area contributed by atoms with Crippen molar-refractivity contribution in [1.29, 1.82) is 0 Å². The van der Waals surface area contributed by atoms with Crippen LogP contribution in [0.15, 0.2) is 54.3 Å². The molecule has 2 aliphatic rings. The lowest BCUT2D eigenvalue weighted by atomic mass is 10.1. The van der Waals surface area contributed by atoms with E-state index in [9.17, 15) is 4.79 Å². The molecule has 0 amide bonds. The second-order valence-electron chi connectivity index (χ2n) is 6.01. The van der Waals surface area contributed by atoms with E-state index in [-0.39, 0.29) is 5.78 Å². The SMILES string of the molecule is CO/C1=C\C(=O)CCc2ccc(cc2)Oc2cc(ccc2OC)CC1. The maximum Gasteiger partial charge on any atom is 0.169 e. The molecule has 2 aliphatic heterocycles. The monoisotopic (exact) mass is 338 g/mol. The number of hydrogen-bond acceptors (Lipinski definition) is 4. The third-order valence-corrected chi connectivity index (χ3v) is 4.28. The van der Waals surface area contributed by atoms with E-state index in [2.05, 4.69) is 0 Å². The number of fused-ring (bicyclic) bond motifs is 7. The normalized spacial score (nSPS) is 16.9. The molecular weight excluding hydrogens is 316 g/mol. The predicted molar refractivity (Wildman–Crippen MR) is 96.3 cm³/mol. The Bertz CT molecular complexity index is 775. The Morgan fingerprint density at radius 1 is 0.840 bits per heavy atom. The van der Waals surface area contributed by atoms with Gasteiger partial charge in [-0.2, -0.15) is 0 Å². The highest BCUT2D eigenvalue weighted by molar-refractivity contribution is 5.90. The number of benzene rings is 2. The van der Waals surface area contributed by atoms with Crippen LogP contribution in [-0.2, 0) is 22.4 Å². The van der Waals surface area contributed by atoms with Crippen molar-refractivity contribution >= 4 is 5.78 Å². The van der Waals surface area contributed by atoms with Gasteiger partial charge in [0.1, 0.15) is 5.75 Å². The summed E-state index contributed by atoms with van der Waals surface area (Å²) in [4.78, 5) is 12.2. The summed E-state index contributed by atoms with van der Waals surface area (Å²) in [5.74, 6) is 2.91. The average Bonchev–Trinajstić information content (AvgIpc) is 2.64. The molecular formula is C21H22O4. The van der Waals surface area contributed by atoms with Crippen molar-refractivity contribution in [2.75, 3.05) is 14.2 Å². The zero-order chi connectivity index (χ0) is 17.6. The van der Waals surface area contributed by atoms with E-state index in [1.807, 2.05) is 42.5 Å². The van der Waals surface area contributed by atoms with Crippen molar-refractivity contribution in [2.45, 2.75) is 25.7 Å². The van der Waals surface area contributed by atoms with E-state index >= 15 is 0 Å². The zero-order valence-electron chi connectivity index (χ0n) is 14.6. The van der Waals surface area contributed by atoms with Gasteiger partial charge < -0.3 is 14.2 Å². The standard InChI is InChI=1S/C21H22O4/c1-23-19-11-6-16-7-12-20(24-2)21(13-16)25-18-9-4-15(5-10-18)3-8-17(22)14-19/h4-5,7,9-10,12-14H,3,6,8,11H2,1-2H3/b19-14-. The summed E-state index contributed by atoms with van der Waals surface area (Å²) in [6, 6.07) is 13.7. The molecule has 0 saturated carbocycles. The molecule has 4 nitrogen and oxygen atoms in total. The predicted octanol–water partition coefficient (Wildman–Crippen LogP) is 4.47. The minimum Gasteiger partial charge on any atom is -0.501 e. The topological polar surface area (TPSA) is 44.8 Å². The highest BCUT2D eigenvalue weighted by Crippen LogP contribution is 2.33. The molecule has 2 aromatic carbocycles. The highest BCUT2D eigenvalue weighted by atomic mass is 16.5. The van der Waals surface area contributed by atoms with Crippen molar-refractivity contribution in [2.24, 2.45) is 0 Å². The molecule has 0 spiro atoms. The van der Waals surface area contributed by atoms with Crippen LogP contribution in [0.2, 0.25) is 0 Å². The van der Waals surface area contributed by atoms with Gasteiger partial charge in [0.25, 0.3) is 0 Å². The van der Waals surface area contributed by atoms with Gasteiger partial charge in [-0.3, -0.25) is 4.79 Å². The molecule has 25 heavy (non-hydrogen) atoms. The molecule has 4 rings (SSSR count). The molecule has 0 atom stereocenters. The van der Waals surface area contributed by atoms with Crippen molar-refractivity contribution < 1.29 is 19.0 Å². The Morgan fingerprint density at radius 3 is 2.28 bits per heavy atom. The number of ketones is 1. The first-order valence-electron chi connectivity index (χ1n) is 8.39. The molecule has 0 unspecified atom stereocenters. The molecule has 130 valence electrons. The van der Waals surface area contributed by atoms with Crippen LogP contribution in [0.3, 0.4) is 0 Å². The Morgan fingerprint density at radius 2 is 1.56 bits per heavy atom. The third kappa shape index (κ3) is 4.41. The molecule has 0 N–H and O–H groups in total. The summed E-state index contributed by atoms with van der Waals surface area (Å²) in [7, 11) is 3.24. The van der Waals surface area contributed by atoms with Gasteiger partial charge in [-0.1, -0.05) is 18.2 Å². The van der Waals surface area contributed by atoms with Gasteiger partial charge in [-0.25, -0.2) is 0 Å². The molecule has 0 saturated heterocycles. The van der Waals surface area contributed by atoms with E-state index in [4.69, 9.17) is 14.2 Å². The largest absolute Gasteiger partial charge is 0.501 e. The molecule has 4 heteroatoms. The van der Waals surface area contributed by atoms with Gasteiger partial charge in [0.15, 0.2) is 17.3 Å². The number of allylic oxidation sites excluding steroid dienone is 2. The van der Waals surface area contributed by atoms with Crippen molar-refractivity contribution in [3.63, 3.8) is 0 Å². The van der Waals surface area contributed by atoms with Gasteiger partial charge >= 0.3 is 0 Å². The molecule has 0 fully saturated rings. The maximum atomic E-state index is 12.2. The Balaban J connectivity index is 1.97. The minimum atomic E-state index is 0.0856. The van der Waals surface area contributed by atoms with Gasteiger partial charge in [0.2, 0.25) is 0 Å². The number of rotatable bonds is 2. The number of methoxy groups -OCH3 is 2. The van der Waals surface area contributed by atoms with Crippen LogP contribution < -0.4 is 9.47 Å². The average molecular weight is 338 g/mol. The van der Waals surface area contributed by atoms with Crippen molar-refractivity contribution in [3.8, 4) is 17.2 Å². The number of carbonyl (C=O) groups excluding carboxylic acids is 1. The second kappa shape index (κ2) is 7.88. The lowest BCUT2D eigenvalue weighted by Gasteiger charge is -2.13. The third-order valence-electron chi connectivity index (χ3n) is 4.28. The first-order valence-corrected chi connectivity index (χ1v) is 8.39. The van der Waals surface area contributed by atoms with Crippen LogP contribution in [0.4, 0.5) is 0 Å². The fourth-order valence-corrected chi connectivity index (χ4v) is 2.83. The van der Waals surface area contributed by atoms with Crippen LogP contribution >= 0.6 is 0 Å². The Hall–Kier alpha value is -2.75. The summed E-state index contributed by atoms with van der Waals surface area (Å²) >= 11 is 0. The number of aryl methyl sites for hydroxylation is 2. The molecule has 0 aliphatic carbocycles. The quantitative estimate of drug-likeness (QED) is 0.811. The molecule has 0 radical (unpaired) electrons. The first kappa shape index (κ1) is 17.1. The van der Waals surface area contributed by atoms with Crippen molar-refractivity contribution in [1.82, 2.24) is 0 Å². The molecule has 4 bridgehead atoms. The van der Waals surface area contributed by atoms with Gasteiger partial charge in [-0.15, -0.1) is 0 Å². The smallest absolute Gasteiger partial charge is 0.169 e. The number of carbonyl (C=O) groups is 1. The first-order chi connectivity index (χ1) is 12.2. The Kier molecular flexibility index (Phi) is 5.39. The van der Waals surface area contributed by atoms with Gasteiger partial charge in [0.05, 0.1) is 20.0 Å². The number of ether oxygens (including phenoxy) is 3. The second-order valence-corrected chi connectivity index (χ2v) is 6.01. The minimum absolute atomic E-state index is 0.0856.